The standard InChI is InChI=1S/C13H14F2N2O3/c1-13(9-7-8(14)3-4-10(9)15)11(18)17(5-6-20-2)12(19)16-13/h3-4,7H,5-6H2,1-2H3,(H,16,19)/t13-/m0/s1. The number of nitrogens with zero attached hydrogens (tertiary/aromatic N) is 1. The molecule has 20 heavy (non-hydrogen) atoms. The van der Waals surface area contributed by atoms with E-state index in [9.17, 15) is 18.4 Å². The molecule has 1 aromatic rings. The Kier molecular flexibility index (Phi) is 3.71. The molecule has 1 aliphatic rings. The summed E-state index contributed by atoms with van der Waals surface area (Å²) >= 11 is 0. The lowest BCUT2D eigenvalue weighted by atomic mass is 9.91. The summed E-state index contributed by atoms with van der Waals surface area (Å²) in [4.78, 5) is 25.0. The molecule has 0 bridgehead atoms. The fourth-order valence-corrected chi connectivity index (χ4v) is 2.15. The average molecular weight is 284 g/mol. The van der Waals surface area contributed by atoms with E-state index in [0.717, 1.165) is 23.1 Å². The van der Waals surface area contributed by atoms with Gasteiger partial charge in [0.25, 0.3) is 5.91 Å². The Balaban J connectivity index is 2.38. The predicted molar refractivity (Wildman–Crippen MR) is 65.8 cm³/mol. The number of hydrogen-bond donors (Lipinski definition) is 1. The first kappa shape index (κ1) is 14.4. The van der Waals surface area contributed by atoms with Gasteiger partial charge < -0.3 is 10.1 Å². The number of rotatable bonds is 4. The van der Waals surface area contributed by atoms with Gasteiger partial charge in [-0.3, -0.25) is 9.69 Å². The van der Waals surface area contributed by atoms with Crippen LogP contribution in [0, 0.1) is 11.6 Å². The maximum atomic E-state index is 13.8. The molecule has 1 N–H and O–H groups in total. The van der Waals surface area contributed by atoms with Crippen LogP contribution in [-0.2, 0) is 15.1 Å². The van der Waals surface area contributed by atoms with Gasteiger partial charge in [-0.15, -0.1) is 0 Å². The number of benzene rings is 1. The Hall–Kier alpha value is -2.02. The van der Waals surface area contributed by atoms with Crippen LogP contribution in [0.2, 0.25) is 0 Å². The van der Waals surface area contributed by atoms with E-state index in [1.807, 2.05) is 0 Å². The summed E-state index contributed by atoms with van der Waals surface area (Å²) in [5.41, 5.74) is -1.81. The Morgan fingerprint density at radius 1 is 1.35 bits per heavy atom. The molecule has 2 rings (SSSR count). The third kappa shape index (κ3) is 2.24. The third-order valence-corrected chi connectivity index (χ3v) is 3.26. The molecule has 0 aliphatic carbocycles. The van der Waals surface area contributed by atoms with Gasteiger partial charge in [-0.05, 0) is 25.1 Å². The number of nitrogens with one attached hydrogen (secondary N) is 1. The highest BCUT2D eigenvalue weighted by Crippen LogP contribution is 2.30. The number of halogens is 2. The Bertz CT molecular complexity index is 565. The monoisotopic (exact) mass is 284 g/mol. The molecular weight excluding hydrogens is 270 g/mol. The van der Waals surface area contributed by atoms with Crippen molar-refractivity contribution in [1.82, 2.24) is 10.2 Å². The minimum absolute atomic E-state index is 0.0493. The van der Waals surface area contributed by atoms with Gasteiger partial charge in [-0.1, -0.05) is 0 Å². The molecule has 1 aliphatic heterocycles. The van der Waals surface area contributed by atoms with E-state index in [1.54, 1.807) is 0 Å². The molecule has 1 atom stereocenters. The molecule has 3 amide bonds. The molecule has 5 nitrogen and oxygen atoms in total. The SMILES string of the molecule is COCCN1C(=O)N[C@@](C)(c2cc(F)ccc2F)C1=O. The van der Waals surface area contributed by atoms with Gasteiger partial charge in [0.1, 0.15) is 17.2 Å². The molecule has 7 heteroatoms. The number of carbonyl (C=O) groups excluding carboxylic acids is 2. The van der Waals surface area contributed by atoms with Crippen LogP contribution >= 0.6 is 0 Å². The van der Waals surface area contributed by atoms with Crippen LogP contribution in [0.4, 0.5) is 13.6 Å². The van der Waals surface area contributed by atoms with Crippen LogP contribution < -0.4 is 5.32 Å². The van der Waals surface area contributed by atoms with E-state index in [2.05, 4.69) is 5.32 Å². The minimum atomic E-state index is -1.61. The Labute approximate surface area is 114 Å². The lowest BCUT2D eigenvalue weighted by molar-refractivity contribution is -0.131. The zero-order chi connectivity index (χ0) is 14.9. The summed E-state index contributed by atoms with van der Waals surface area (Å²) in [6, 6.07) is 2.13. The normalized spacial score (nSPS) is 22.3. The molecule has 0 spiro atoms. The van der Waals surface area contributed by atoms with Crippen molar-refractivity contribution in [3.8, 4) is 0 Å². The number of methoxy groups -OCH3 is 1. The van der Waals surface area contributed by atoms with Crippen LogP contribution in [0.3, 0.4) is 0 Å². The fraction of sp³-hybridized carbons (Fsp3) is 0.385. The van der Waals surface area contributed by atoms with E-state index < -0.39 is 29.1 Å². The van der Waals surface area contributed by atoms with Crippen molar-refractivity contribution in [2.45, 2.75) is 12.5 Å². The summed E-state index contributed by atoms with van der Waals surface area (Å²) in [7, 11) is 1.43. The lowest BCUT2D eigenvalue weighted by Gasteiger charge is -2.22. The van der Waals surface area contributed by atoms with Crippen LogP contribution in [0.25, 0.3) is 0 Å². The number of urea groups is 1. The number of hydrogen-bond acceptors (Lipinski definition) is 3. The highest BCUT2D eigenvalue weighted by Gasteiger charge is 2.50. The highest BCUT2D eigenvalue weighted by atomic mass is 19.1. The van der Waals surface area contributed by atoms with Gasteiger partial charge in [0, 0.05) is 12.7 Å². The zero-order valence-corrected chi connectivity index (χ0v) is 11.1. The summed E-state index contributed by atoms with van der Waals surface area (Å²) in [6.07, 6.45) is 0. The summed E-state index contributed by atoms with van der Waals surface area (Å²) in [5.74, 6) is -2.07. The average Bonchev–Trinajstić information content (AvgIpc) is 2.62. The Morgan fingerprint density at radius 2 is 2.05 bits per heavy atom. The second-order valence-electron chi connectivity index (χ2n) is 4.63. The molecule has 1 saturated heterocycles. The maximum absolute atomic E-state index is 13.8. The molecule has 108 valence electrons. The molecular formula is C13H14F2N2O3. The van der Waals surface area contributed by atoms with Gasteiger partial charge >= 0.3 is 6.03 Å². The molecule has 0 aromatic heterocycles. The highest BCUT2D eigenvalue weighted by molar-refractivity contribution is 6.07. The minimum Gasteiger partial charge on any atom is -0.383 e. The smallest absolute Gasteiger partial charge is 0.325 e. The van der Waals surface area contributed by atoms with Gasteiger partial charge in [-0.25, -0.2) is 13.6 Å². The first-order chi connectivity index (χ1) is 9.40. The van der Waals surface area contributed by atoms with Crippen molar-refractivity contribution in [2.75, 3.05) is 20.3 Å². The predicted octanol–water partition coefficient (Wildman–Crippen LogP) is 1.38. The quantitative estimate of drug-likeness (QED) is 0.850. The molecule has 0 unspecified atom stereocenters. The topological polar surface area (TPSA) is 58.6 Å². The molecule has 1 aromatic carbocycles. The van der Waals surface area contributed by atoms with Crippen molar-refractivity contribution in [3.63, 3.8) is 0 Å². The number of imide groups is 1. The van der Waals surface area contributed by atoms with Gasteiger partial charge in [0.15, 0.2) is 0 Å². The maximum Gasteiger partial charge on any atom is 0.325 e. The van der Waals surface area contributed by atoms with E-state index in [-0.39, 0.29) is 18.7 Å². The number of amides is 3. The summed E-state index contributed by atoms with van der Waals surface area (Å²) in [5, 5.41) is 2.40. The lowest BCUT2D eigenvalue weighted by Crippen LogP contribution is -2.42. The molecule has 1 heterocycles. The van der Waals surface area contributed by atoms with E-state index in [4.69, 9.17) is 4.74 Å². The second-order valence-corrected chi connectivity index (χ2v) is 4.63. The third-order valence-electron chi connectivity index (χ3n) is 3.26. The molecule has 1 fully saturated rings. The number of carbonyl (C=O) groups is 2. The van der Waals surface area contributed by atoms with E-state index in [1.165, 1.54) is 14.0 Å². The van der Waals surface area contributed by atoms with E-state index in [0.29, 0.717) is 0 Å². The van der Waals surface area contributed by atoms with Crippen LogP contribution in [0.1, 0.15) is 12.5 Å². The van der Waals surface area contributed by atoms with Crippen LogP contribution in [-0.4, -0.2) is 37.1 Å². The van der Waals surface area contributed by atoms with Crippen molar-refractivity contribution in [1.29, 1.82) is 0 Å². The Morgan fingerprint density at radius 3 is 2.70 bits per heavy atom. The van der Waals surface area contributed by atoms with Gasteiger partial charge in [0.05, 0.1) is 13.2 Å². The van der Waals surface area contributed by atoms with Crippen LogP contribution in [0.5, 0.6) is 0 Å². The molecule has 0 saturated carbocycles. The van der Waals surface area contributed by atoms with Crippen molar-refractivity contribution in [2.24, 2.45) is 0 Å². The summed E-state index contributed by atoms with van der Waals surface area (Å²) < 4.78 is 31.9. The van der Waals surface area contributed by atoms with E-state index >= 15 is 0 Å². The second kappa shape index (κ2) is 5.16. The van der Waals surface area contributed by atoms with Gasteiger partial charge in [0.2, 0.25) is 0 Å². The van der Waals surface area contributed by atoms with Crippen molar-refractivity contribution < 1.29 is 23.1 Å². The van der Waals surface area contributed by atoms with Gasteiger partial charge in [-0.2, -0.15) is 0 Å². The fourth-order valence-electron chi connectivity index (χ4n) is 2.15. The zero-order valence-electron chi connectivity index (χ0n) is 11.1. The first-order valence-electron chi connectivity index (χ1n) is 5.98. The number of ether oxygens (including phenoxy) is 1. The molecule has 0 radical (unpaired) electrons. The summed E-state index contributed by atoms with van der Waals surface area (Å²) in [6.45, 7) is 1.56. The largest absolute Gasteiger partial charge is 0.383 e. The van der Waals surface area contributed by atoms with Crippen LogP contribution in [0.15, 0.2) is 18.2 Å². The van der Waals surface area contributed by atoms with Crippen molar-refractivity contribution >= 4 is 11.9 Å². The van der Waals surface area contributed by atoms with Crippen molar-refractivity contribution in [3.05, 3.63) is 35.4 Å². The first-order valence-corrected chi connectivity index (χ1v) is 5.98.